The minimum absolute atomic E-state index is 0.0227. The molecule has 17 nitrogen and oxygen atoms in total. The van der Waals surface area contributed by atoms with E-state index in [1.807, 2.05) is 32.8 Å². The zero-order valence-electron chi connectivity index (χ0n) is 44.1. The number of nitrogens with one attached hydrogen (secondary N) is 1. The highest BCUT2D eigenvalue weighted by atomic mass is 16.7. The van der Waals surface area contributed by atoms with E-state index in [0.29, 0.717) is 17.5 Å². The number of ketones is 1. The normalized spacial score (nSPS) is 38.8. The van der Waals surface area contributed by atoms with E-state index >= 15 is 0 Å². The summed E-state index contributed by atoms with van der Waals surface area (Å²) in [5.41, 5.74) is -3.39. The summed E-state index contributed by atoms with van der Waals surface area (Å²) in [7, 11) is 5.29. The third-order valence-electron chi connectivity index (χ3n) is 15.3. The molecule has 6 rings (SSSR count). The number of carbonyl (C=O) groups excluding carboxylic acids is 5. The molecule has 0 unspecified atom stereocenters. The molecule has 2 aromatic carbocycles. The number of cyclic esters (lactones) is 1. The smallest absolute Gasteiger partial charge is 0.408 e. The Morgan fingerprint density at radius 1 is 0.806 bits per heavy atom. The van der Waals surface area contributed by atoms with Gasteiger partial charge in [0.1, 0.15) is 24.1 Å². The van der Waals surface area contributed by atoms with E-state index in [-0.39, 0.29) is 37.8 Å². The number of likely N-dealkylation sites (N-methyl/N-ethyl adjacent to an activating group) is 1. The van der Waals surface area contributed by atoms with Crippen molar-refractivity contribution in [2.75, 3.05) is 27.8 Å². The molecule has 72 heavy (non-hydrogen) atoms. The molecule has 17 heteroatoms. The Balaban J connectivity index is 1.48. The van der Waals surface area contributed by atoms with Gasteiger partial charge in [-0.15, -0.1) is 6.42 Å². The lowest BCUT2D eigenvalue weighted by atomic mass is 9.73. The van der Waals surface area contributed by atoms with Crippen molar-refractivity contribution in [3.63, 3.8) is 0 Å². The Hall–Kier alpha value is -4.93. The van der Waals surface area contributed by atoms with Crippen LogP contribution in [0.25, 0.3) is 0 Å². The molecule has 2 aromatic rings. The number of amides is 1. The van der Waals surface area contributed by atoms with E-state index in [0.717, 1.165) is 0 Å². The molecule has 0 aliphatic carbocycles. The highest BCUT2D eigenvalue weighted by Gasteiger charge is 2.58. The SMILES string of the molecule is C#CCO[C@@]1(C)C[C@@H](C)C(=O)[C@H](C)[C@H]2NC(=O)O[C@]2(C)[C@@H](CC)OC(=O)[C@H](C)[C@@H](O[C@H]2C[C@@](C)(OC)[C@@H](OC(=O)c3ccccc3)[C@H](C)O2)[C@H](C)[C@H]1O[C@@H]1O[C@H](C)C[C@H](N(C)C)[C@H]1OC(=O)c1ccccc1. The summed E-state index contributed by atoms with van der Waals surface area (Å²) < 4.78 is 65.2. The van der Waals surface area contributed by atoms with Gasteiger partial charge in [-0.25, -0.2) is 14.4 Å². The average molecular weight is 1010 g/mol. The van der Waals surface area contributed by atoms with Crippen molar-refractivity contribution in [1.82, 2.24) is 10.2 Å². The third kappa shape index (κ3) is 12.2. The predicted octanol–water partition coefficient (Wildman–Crippen LogP) is 6.93. The van der Waals surface area contributed by atoms with Gasteiger partial charge in [-0.05, 0) is 99.2 Å². The van der Waals surface area contributed by atoms with E-state index in [9.17, 15) is 24.0 Å². The fourth-order valence-corrected chi connectivity index (χ4v) is 11.3. The number of fused-ring (bicyclic) bond motifs is 1. The van der Waals surface area contributed by atoms with Gasteiger partial charge in [-0.1, -0.05) is 70.0 Å². The van der Waals surface area contributed by atoms with Crippen LogP contribution in [0.4, 0.5) is 4.79 Å². The summed E-state index contributed by atoms with van der Waals surface area (Å²) in [4.78, 5) is 72.3. The van der Waals surface area contributed by atoms with Gasteiger partial charge in [0.25, 0.3) is 0 Å². The predicted molar refractivity (Wildman–Crippen MR) is 263 cm³/mol. The van der Waals surface area contributed by atoms with Crippen LogP contribution in [0.5, 0.6) is 0 Å². The largest absolute Gasteiger partial charge is 0.458 e. The van der Waals surface area contributed by atoms with Gasteiger partial charge >= 0.3 is 24.0 Å². The van der Waals surface area contributed by atoms with Crippen LogP contribution in [0.2, 0.25) is 0 Å². The Morgan fingerprint density at radius 2 is 1.42 bits per heavy atom. The van der Waals surface area contributed by atoms with Crippen LogP contribution in [0.1, 0.15) is 116 Å². The summed E-state index contributed by atoms with van der Waals surface area (Å²) in [5, 5.41) is 2.84. The van der Waals surface area contributed by atoms with Crippen LogP contribution in [-0.2, 0) is 57.0 Å². The highest BCUT2D eigenvalue weighted by molar-refractivity contribution is 5.90. The van der Waals surface area contributed by atoms with Crippen LogP contribution >= 0.6 is 0 Å². The molecule has 4 saturated heterocycles. The van der Waals surface area contributed by atoms with Gasteiger partial charge in [0, 0.05) is 31.3 Å². The van der Waals surface area contributed by atoms with Crippen molar-refractivity contribution < 1.29 is 71.3 Å². The van der Waals surface area contributed by atoms with Gasteiger partial charge in [-0.2, -0.15) is 0 Å². The topological polar surface area (TPSA) is 193 Å². The second kappa shape index (κ2) is 23.5. The van der Waals surface area contributed by atoms with E-state index in [2.05, 4.69) is 11.2 Å². The maximum atomic E-state index is 15.0. The van der Waals surface area contributed by atoms with E-state index < -0.39 is 126 Å². The van der Waals surface area contributed by atoms with Crippen LogP contribution in [0.15, 0.2) is 60.7 Å². The van der Waals surface area contributed by atoms with Gasteiger partial charge in [0.05, 0.1) is 59.1 Å². The first-order valence-electron chi connectivity index (χ1n) is 25.2. The Labute approximate surface area is 424 Å². The molecule has 0 saturated carbocycles. The molecule has 4 aliphatic rings. The molecule has 0 aromatic heterocycles. The highest BCUT2D eigenvalue weighted by Crippen LogP contribution is 2.44. The lowest BCUT2D eigenvalue weighted by Crippen LogP contribution is -2.62. The minimum Gasteiger partial charge on any atom is -0.458 e. The first-order valence-corrected chi connectivity index (χ1v) is 25.2. The number of benzene rings is 2. The summed E-state index contributed by atoms with van der Waals surface area (Å²) in [6.07, 6.45) is -2.71. The Kier molecular flexibility index (Phi) is 18.4. The molecule has 1 amide bonds. The lowest BCUT2D eigenvalue weighted by molar-refractivity contribution is -0.319. The quantitative estimate of drug-likeness (QED) is 0.123. The molecule has 1 N–H and O–H groups in total. The molecular weight excluding hydrogens is 929 g/mol. The van der Waals surface area contributed by atoms with Crippen molar-refractivity contribution in [3.8, 4) is 12.3 Å². The lowest BCUT2D eigenvalue weighted by Gasteiger charge is -2.50. The fraction of sp³-hybridized carbons (Fsp3) is 0.655. The summed E-state index contributed by atoms with van der Waals surface area (Å²) in [6, 6.07) is 15.9. The number of hydrogen-bond donors (Lipinski definition) is 1. The maximum absolute atomic E-state index is 15.0. The maximum Gasteiger partial charge on any atom is 0.408 e. The monoisotopic (exact) mass is 1000 g/mol. The molecule has 18 atom stereocenters. The summed E-state index contributed by atoms with van der Waals surface area (Å²) >= 11 is 0. The van der Waals surface area contributed by atoms with E-state index in [4.69, 9.17) is 53.8 Å². The van der Waals surface area contributed by atoms with Crippen LogP contribution in [-0.4, -0.2) is 147 Å². The third-order valence-corrected chi connectivity index (χ3v) is 15.3. The molecule has 0 radical (unpaired) electrons. The number of esters is 3. The van der Waals surface area contributed by atoms with Gasteiger partial charge in [-0.3, -0.25) is 9.59 Å². The number of hydrogen-bond acceptors (Lipinski definition) is 16. The number of alkyl carbamates (subject to hydrolysis) is 1. The van der Waals surface area contributed by atoms with Gasteiger partial charge in [0.2, 0.25) is 0 Å². The zero-order chi connectivity index (χ0) is 52.9. The fourth-order valence-electron chi connectivity index (χ4n) is 11.3. The molecule has 4 fully saturated rings. The number of carbonyl (C=O) groups is 5. The van der Waals surface area contributed by atoms with Crippen LogP contribution in [0.3, 0.4) is 0 Å². The van der Waals surface area contributed by atoms with Gasteiger partial charge in [0.15, 0.2) is 30.4 Å². The Morgan fingerprint density at radius 3 is 1.99 bits per heavy atom. The second-order valence-electron chi connectivity index (χ2n) is 20.9. The molecule has 396 valence electrons. The van der Waals surface area contributed by atoms with E-state index in [1.165, 1.54) is 7.11 Å². The molecular formula is C55H76N2O15. The standard InChI is InChI=1S/C55H76N2O15/c1-15-27-64-54(10)29-31(3)42(58)33(5)45-55(11,72-52(62)56-45)40(16-2)67-48(59)35(7)43(68-41-30-53(9,63-14)47(36(8)66-41)70-50(61)38-25-21-18-22-26-38)34(6)46(54)71-51-44(39(57(12)13)28-32(4)65-51)69-49(60)37-23-19-17-20-24-37/h1,17-26,31-36,39-41,43-47,51H,16,27-30H2,2-14H3,(H,56,62)/t31-,32-,33+,34+,35-,36+,39+,40-,41+,43+,44-,45-,46-,47+,51+,53-,54+,55-/m1/s1. The van der Waals surface area contributed by atoms with E-state index in [1.54, 1.807) is 116 Å². The Bertz CT molecular complexity index is 2240. The number of Topliss-reactive ketones (excluding diaryl/α,β-unsaturated/α-hetero) is 1. The summed E-state index contributed by atoms with van der Waals surface area (Å²) in [5.74, 6) is -3.04. The average Bonchev–Trinajstić information content (AvgIpc) is 3.67. The second-order valence-corrected chi connectivity index (χ2v) is 20.9. The number of terminal acetylenes is 1. The van der Waals surface area contributed by atoms with Crippen molar-refractivity contribution in [2.24, 2.45) is 23.7 Å². The zero-order valence-corrected chi connectivity index (χ0v) is 44.1. The number of rotatable bonds is 13. The first kappa shape index (κ1) is 56.4. The van der Waals surface area contributed by atoms with Crippen LogP contribution < -0.4 is 5.32 Å². The van der Waals surface area contributed by atoms with Crippen molar-refractivity contribution in [1.29, 1.82) is 0 Å². The molecule has 4 aliphatic heterocycles. The number of methoxy groups -OCH3 is 1. The number of nitrogens with zero attached hydrogens (tertiary/aromatic N) is 1. The summed E-state index contributed by atoms with van der Waals surface area (Å²) in [6.45, 7) is 17.5. The van der Waals surface area contributed by atoms with Crippen molar-refractivity contribution >= 4 is 29.8 Å². The van der Waals surface area contributed by atoms with Gasteiger partial charge < -0.3 is 57.6 Å². The van der Waals surface area contributed by atoms with Crippen molar-refractivity contribution in [2.45, 2.75) is 179 Å². The number of ether oxygens (including phenoxy) is 10. The van der Waals surface area contributed by atoms with Crippen LogP contribution in [0, 0.1) is 36.0 Å². The molecule has 4 heterocycles. The molecule has 0 bridgehead atoms. The van der Waals surface area contributed by atoms with Crippen molar-refractivity contribution in [3.05, 3.63) is 71.8 Å². The minimum atomic E-state index is -1.47. The first-order chi connectivity index (χ1) is 34.0. The molecule has 0 spiro atoms.